The number of carbonyl (C=O) groups is 1. The number of nitrogens with one attached hydrogen (secondary N) is 1. The number of amides is 1. The fourth-order valence-corrected chi connectivity index (χ4v) is 2.35. The van der Waals surface area contributed by atoms with E-state index < -0.39 is 0 Å². The third-order valence-corrected chi connectivity index (χ3v) is 3.83. The highest BCUT2D eigenvalue weighted by molar-refractivity contribution is 5.98. The number of aromatic hydroxyl groups is 1. The molecule has 0 radical (unpaired) electrons. The quantitative estimate of drug-likeness (QED) is 0.861. The lowest BCUT2D eigenvalue weighted by molar-refractivity contribution is 0.0817. The van der Waals surface area contributed by atoms with Crippen molar-refractivity contribution in [2.75, 3.05) is 7.11 Å². The number of phenolic OH excluding ortho intramolecular Hbond substituents is 1. The van der Waals surface area contributed by atoms with E-state index >= 15 is 0 Å². The molecule has 1 aliphatic carbocycles. The van der Waals surface area contributed by atoms with Crippen LogP contribution in [-0.2, 0) is 0 Å². The van der Waals surface area contributed by atoms with Crippen LogP contribution in [0.1, 0.15) is 43.0 Å². The number of methoxy groups -OCH3 is 1. The number of ether oxygens (including phenoxy) is 1. The van der Waals surface area contributed by atoms with Crippen LogP contribution in [-0.4, -0.2) is 23.7 Å². The van der Waals surface area contributed by atoms with Crippen molar-refractivity contribution in [3.05, 3.63) is 23.8 Å². The van der Waals surface area contributed by atoms with Crippen molar-refractivity contribution in [2.45, 2.75) is 38.1 Å². The van der Waals surface area contributed by atoms with Gasteiger partial charge in [-0.2, -0.15) is 0 Å². The molecule has 0 heterocycles. The van der Waals surface area contributed by atoms with Crippen LogP contribution in [0.25, 0.3) is 0 Å². The number of phenols is 1. The zero-order valence-corrected chi connectivity index (χ0v) is 10.8. The summed E-state index contributed by atoms with van der Waals surface area (Å²) < 4.78 is 5.00. The van der Waals surface area contributed by atoms with Crippen LogP contribution in [0.15, 0.2) is 18.2 Å². The van der Waals surface area contributed by atoms with E-state index in [9.17, 15) is 9.90 Å². The number of rotatable bonds is 4. The maximum Gasteiger partial charge on any atom is 0.255 e. The Morgan fingerprint density at radius 1 is 1.50 bits per heavy atom. The molecule has 2 rings (SSSR count). The molecule has 1 aromatic rings. The largest absolute Gasteiger partial charge is 0.504 e. The monoisotopic (exact) mass is 249 g/mol. The van der Waals surface area contributed by atoms with Gasteiger partial charge >= 0.3 is 0 Å². The fraction of sp³-hybridized carbons (Fsp3) is 0.500. The van der Waals surface area contributed by atoms with Crippen LogP contribution in [0.3, 0.4) is 0 Å². The highest BCUT2D eigenvalue weighted by atomic mass is 16.5. The molecule has 98 valence electrons. The van der Waals surface area contributed by atoms with Gasteiger partial charge in [0.1, 0.15) is 0 Å². The van der Waals surface area contributed by atoms with Crippen LogP contribution in [0, 0.1) is 0 Å². The Hall–Kier alpha value is -1.71. The summed E-state index contributed by atoms with van der Waals surface area (Å²) >= 11 is 0. The number of hydrogen-bond acceptors (Lipinski definition) is 3. The van der Waals surface area contributed by atoms with Gasteiger partial charge in [0, 0.05) is 5.54 Å². The van der Waals surface area contributed by atoms with Gasteiger partial charge in [-0.1, -0.05) is 13.0 Å². The molecule has 1 aliphatic rings. The molecule has 18 heavy (non-hydrogen) atoms. The topological polar surface area (TPSA) is 58.6 Å². The first-order valence-corrected chi connectivity index (χ1v) is 6.30. The zero-order chi connectivity index (χ0) is 13.2. The molecule has 2 N–H and O–H groups in total. The Bertz CT molecular complexity index is 447. The standard InChI is InChI=1S/C14H19NO3/c1-3-14(8-5-9-14)15-13(17)10-6-4-7-11(18-2)12(10)16/h4,6-7,16H,3,5,8-9H2,1-2H3,(H,15,17). The van der Waals surface area contributed by atoms with Crippen molar-refractivity contribution >= 4 is 5.91 Å². The third kappa shape index (κ3) is 2.15. The Labute approximate surface area is 107 Å². The van der Waals surface area contributed by atoms with E-state index in [2.05, 4.69) is 12.2 Å². The normalized spacial score (nSPS) is 16.8. The van der Waals surface area contributed by atoms with E-state index in [0.717, 1.165) is 25.7 Å². The second-order valence-corrected chi connectivity index (χ2v) is 4.80. The van der Waals surface area contributed by atoms with Gasteiger partial charge in [0.15, 0.2) is 11.5 Å². The first kappa shape index (κ1) is 12.7. The van der Waals surface area contributed by atoms with Gasteiger partial charge in [-0.3, -0.25) is 4.79 Å². The predicted octanol–water partition coefficient (Wildman–Crippen LogP) is 2.46. The Kier molecular flexibility index (Phi) is 3.45. The molecule has 0 atom stereocenters. The SMILES string of the molecule is CCC1(NC(=O)c2cccc(OC)c2O)CCC1. The summed E-state index contributed by atoms with van der Waals surface area (Å²) in [7, 11) is 1.47. The van der Waals surface area contributed by atoms with Gasteiger partial charge in [0.05, 0.1) is 12.7 Å². The first-order chi connectivity index (χ1) is 8.62. The van der Waals surface area contributed by atoms with Crippen molar-refractivity contribution in [2.24, 2.45) is 0 Å². The molecule has 0 unspecified atom stereocenters. The van der Waals surface area contributed by atoms with Gasteiger partial charge in [-0.25, -0.2) is 0 Å². The molecular weight excluding hydrogens is 230 g/mol. The lowest BCUT2D eigenvalue weighted by atomic mass is 9.74. The highest BCUT2D eigenvalue weighted by Crippen LogP contribution is 2.36. The minimum atomic E-state index is -0.229. The number of hydrogen-bond donors (Lipinski definition) is 2. The lowest BCUT2D eigenvalue weighted by Crippen LogP contribution is -2.52. The van der Waals surface area contributed by atoms with E-state index in [1.807, 2.05) is 0 Å². The maximum atomic E-state index is 12.2. The summed E-state index contributed by atoms with van der Waals surface area (Å²) in [5.74, 6) is -0.00201. The summed E-state index contributed by atoms with van der Waals surface area (Å²) in [5.41, 5.74) is 0.196. The number of para-hydroxylation sites is 1. The first-order valence-electron chi connectivity index (χ1n) is 6.30. The summed E-state index contributed by atoms with van der Waals surface area (Å²) in [4.78, 5) is 12.2. The molecule has 0 bridgehead atoms. The molecule has 4 heteroatoms. The maximum absolute atomic E-state index is 12.2. The van der Waals surface area contributed by atoms with E-state index in [1.54, 1.807) is 18.2 Å². The predicted molar refractivity (Wildman–Crippen MR) is 69.0 cm³/mol. The number of carbonyl (C=O) groups excluding carboxylic acids is 1. The Morgan fingerprint density at radius 3 is 2.72 bits per heavy atom. The Balaban J connectivity index is 2.19. The molecule has 0 aliphatic heterocycles. The summed E-state index contributed by atoms with van der Waals surface area (Å²) in [6, 6.07) is 4.94. The molecule has 1 aromatic carbocycles. The summed E-state index contributed by atoms with van der Waals surface area (Å²) in [5, 5.41) is 13.0. The van der Waals surface area contributed by atoms with E-state index in [-0.39, 0.29) is 22.8 Å². The average Bonchev–Trinajstić information content (AvgIpc) is 2.34. The molecule has 1 amide bonds. The molecule has 0 spiro atoms. The van der Waals surface area contributed by atoms with Gasteiger partial charge in [-0.05, 0) is 37.8 Å². The second kappa shape index (κ2) is 4.88. The van der Waals surface area contributed by atoms with Crippen LogP contribution in [0.2, 0.25) is 0 Å². The number of benzene rings is 1. The van der Waals surface area contributed by atoms with Crippen LogP contribution >= 0.6 is 0 Å². The zero-order valence-electron chi connectivity index (χ0n) is 10.8. The van der Waals surface area contributed by atoms with Crippen LogP contribution in [0.5, 0.6) is 11.5 Å². The van der Waals surface area contributed by atoms with Crippen molar-refractivity contribution in [3.8, 4) is 11.5 Å². The molecule has 1 saturated carbocycles. The van der Waals surface area contributed by atoms with E-state index in [1.165, 1.54) is 7.11 Å². The van der Waals surface area contributed by atoms with Crippen LogP contribution in [0.4, 0.5) is 0 Å². The van der Waals surface area contributed by atoms with Crippen molar-refractivity contribution in [1.82, 2.24) is 5.32 Å². The molecule has 0 aromatic heterocycles. The molecule has 4 nitrogen and oxygen atoms in total. The minimum absolute atomic E-state index is 0.0768. The van der Waals surface area contributed by atoms with Gasteiger partial charge in [0.2, 0.25) is 0 Å². The highest BCUT2D eigenvalue weighted by Gasteiger charge is 2.37. The minimum Gasteiger partial charge on any atom is -0.504 e. The average molecular weight is 249 g/mol. The lowest BCUT2D eigenvalue weighted by Gasteiger charge is -2.42. The molecule has 1 fully saturated rings. The van der Waals surface area contributed by atoms with Crippen LogP contribution < -0.4 is 10.1 Å². The third-order valence-electron chi connectivity index (χ3n) is 3.83. The van der Waals surface area contributed by atoms with Gasteiger partial charge in [0.25, 0.3) is 5.91 Å². The second-order valence-electron chi connectivity index (χ2n) is 4.80. The fourth-order valence-electron chi connectivity index (χ4n) is 2.35. The van der Waals surface area contributed by atoms with Crippen molar-refractivity contribution in [3.63, 3.8) is 0 Å². The Morgan fingerprint density at radius 2 is 2.22 bits per heavy atom. The van der Waals surface area contributed by atoms with E-state index in [4.69, 9.17) is 4.74 Å². The summed E-state index contributed by atoms with van der Waals surface area (Å²) in [6.45, 7) is 2.07. The van der Waals surface area contributed by atoms with Gasteiger partial charge in [-0.15, -0.1) is 0 Å². The van der Waals surface area contributed by atoms with E-state index in [0.29, 0.717) is 5.75 Å². The summed E-state index contributed by atoms with van der Waals surface area (Å²) in [6.07, 6.45) is 4.10. The van der Waals surface area contributed by atoms with Crippen molar-refractivity contribution in [1.29, 1.82) is 0 Å². The smallest absolute Gasteiger partial charge is 0.255 e. The van der Waals surface area contributed by atoms with Gasteiger partial charge < -0.3 is 15.2 Å². The molecular formula is C14H19NO3. The van der Waals surface area contributed by atoms with Crippen molar-refractivity contribution < 1.29 is 14.6 Å². The molecule has 0 saturated heterocycles.